The molecule has 0 radical (unpaired) electrons. The molecule has 2 aromatic carbocycles. The zero-order valence-corrected chi connectivity index (χ0v) is 14.5. The summed E-state index contributed by atoms with van der Waals surface area (Å²) in [6.45, 7) is 0.204. The number of amides is 2. The number of allylic oxidation sites excluding steroid dienone is 1. The molecule has 0 aromatic heterocycles. The molecule has 2 amide bonds. The summed E-state index contributed by atoms with van der Waals surface area (Å²) in [6, 6.07) is 19.0. The molecule has 1 unspecified atom stereocenters. The molecule has 26 heavy (non-hydrogen) atoms. The van der Waals surface area contributed by atoms with E-state index in [1.807, 2.05) is 60.7 Å². The Bertz CT molecular complexity index is 829. The summed E-state index contributed by atoms with van der Waals surface area (Å²) >= 11 is 0. The molecule has 4 heteroatoms. The highest BCUT2D eigenvalue weighted by Gasteiger charge is 2.43. The van der Waals surface area contributed by atoms with Crippen molar-refractivity contribution in [1.29, 1.82) is 0 Å². The quantitative estimate of drug-likeness (QED) is 0.759. The zero-order valence-electron chi connectivity index (χ0n) is 14.5. The van der Waals surface area contributed by atoms with Crippen LogP contribution in [0.5, 0.6) is 0 Å². The number of cyclic esters (lactones) is 1. The Balaban J connectivity index is 1.71. The molecule has 0 saturated carbocycles. The van der Waals surface area contributed by atoms with Gasteiger partial charge in [0.05, 0.1) is 5.92 Å². The normalized spacial score (nSPS) is 20.6. The lowest BCUT2D eigenvalue weighted by molar-refractivity contribution is -0.130. The average molecular weight is 347 g/mol. The average Bonchev–Trinajstić information content (AvgIpc) is 3.33. The lowest BCUT2D eigenvalue weighted by atomic mass is 9.88. The first-order valence-electron chi connectivity index (χ1n) is 9.04. The molecule has 0 N–H and O–H groups in total. The molecule has 2 aliphatic rings. The van der Waals surface area contributed by atoms with Gasteiger partial charge >= 0.3 is 6.09 Å². The van der Waals surface area contributed by atoms with Gasteiger partial charge in [-0.2, -0.15) is 0 Å². The fourth-order valence-electron chi connectivity index (χ4n) is 3.84. The van der Waals surface area contributed by atoms with E-state index < -0.39 is 12.0 Å². The van der Waals surface area contributed by atoms with Crippen LogP contribution in [0.4, 0.5) is 4.79 Å². The van der Waals surface area contributed by atoms with Crippen molar-refractivity contribution >= 4 is 12.0 Å². The van der Waals surface area contributed by atoms with Gasteiger partial charge in [-0.05, 0) is 30.4 Å². The molecule has 0 spiro atoms. The highest BCUT2D eigenvalue weighted by atomic mass is 16.6. The van der Waals surface area contributed by atoms with Gasteiger partial charge in [0.15, 0.2) is 0 Å². The second-order valence-corrected chi connectivity index (χ2v) is 6.73. The van der Waals surface area contributed by atoms with Crippen LogP contribution in [-0.2, 0) is 9.53 Å². The minimum Gasteiger partial charge on any atom is -0.446 e. The zero-order chi connectivity index (χ0) is 17.9. The fraction of sp³-hybridized carbons (Fsp3) is 0.273. The molecule has 2 atom stereocenters. The van der Waals surface area contributed by atoms with Crippen LogP contribution in [0, 0.1) is 0 Å². The number of benzene rings is 2. The Hall–Kier alpha value is -2.88. The topological polar surface area (TPSA) is 46.6 Å². The summed E-state index contributed by atoms with van der Waals surface area (Å²) in [7, 11) is 0. The smallest absolute Gasteiger partial charge is 0.417 e. The highest BCUT2D eigenvalue weighted by molar-refractivity contribution is 5.99. The maximum absolute atomic E-state index is 13.5. The minimum absolute atomic E-state index is 0.194. The predicted octanol–water partition coefficient (Wildman–Crippen LogP) is 4.60. The number of carbonyl (C=O) groups excluding carboxylic acids is 2. The van der Waals surface area contributed by atoms with Crippen molar-refractivity contribution < 1.29 is 14.3 Å². The number of hydrogen-bond acceptors (Lipinski definition) is 3. The summed E-state index contributed by atoms with van der Waals surface area (Å²) in [6.07, 6.45) is 4.53. The number of imide groups is 1. The Morgan fingerprint density at radius 2 is 1.73 bits per heavy atom. The van der Waals surface area contributed by atoms with Crippen LogP contribution in [0.15, 0.2) is 72.3 Å². The van der Waals surface area contributed by atoms with Gasteiger partial charge in [-0.25, -0.2) is 9.69 Å². The molecule has 1 aliphatic heterocycles. The van der Waals surface area contributed by atoms with Crippen molar-refractivity contribution in [3.8, 4) is 0 Å². The number of ether oxygens (including phenoxy) is 1. The van der Waals surface area contributed by atoms with Crippen LogP contribution >= 0.6 is 0 Å². The van der Waals surface area contributed by atoms with Crippen LogP contribution in [0.2, 0.25) is 0 Å². The molecule has 1 heterocycles. The van der Waals surface area contributed by atoms with Gasteiger partial charge in [-0.1, -0.05) is 72.3 Å². The molecule has 1 aliphatic carbocycles. The third-order valence-electron chi connectivity index (χ3n) is 5.12. The lowest BCUT2D eigenvalue weighted by Crippen LogP contribution is -2.38. The third-order valence-corrected chi connectivity index (χ3v) is 5.12. The molecule has 1 saturated heterocycles. The lowest BCUT2D eigenvalue weighted by Gasteiger charge is -2.26. The molecule has 4 rings (SSSR count). The van der Waals surface area contributed by atoms with Crippen LogP contribution in [-0.4, -0.2) is 23.5 Å². The van der Waals surface area contributed by atoms with Crippen LogP contribution < -0.4 is 0 Å². The van der Waals surface area contributed by atoms with Crippen LogP contribution in [0.1, 0.15) is 42.3 Å². The van der Waals surface area contributed by atoms with Crippen LogP contribution in [0.25, 0.3) is 0 Å². The van der Waals surface area contributed by atoms with Crippen molar-refractivity contribution in [2.75, 3.05) is 6.61 Å². The minimum atomic E-state index is -0.552. The van der Waals surface area contributed by atoms with Crippen LogP contribution in [0.3, 0.4) is 0 Å². The molecule has 2 aromatic rings. The first-order valence-corrected chi connectivity index (χ1v) is 9.04. The first-order chi connectivity index (χ1) is 12.8. The van der Waals surface area contributed by atoms with Gasteiger partial charge in [0.25, 0.3) is 0 Å². The first kappa shape index (κ1) is 16.6. The predicted molar refractivity (Wildman–Crippen MR) is 98.5 cm³/mol. The summed E-state index contributed by atoms with van der Waals surface area (Å²) < 4.78 is 5.25. The summed E-state index contributed by atoms with van der Waals surface area (Å²) in [4.78, 5) is 27.2. The highest BCUT2D eigenvalue weighted by Crippen LogP contribution is 2.38. The second kappa shape index (κ2) is 7.16. The summed E-state index contributed by atoms with van der Waals surface area (Å²) in [5, 5.41) is 0. The molecule has 0 bridgehead atoms. The fourth-order valence-corrected chi connectivity index (χ4v) is 3.84. The van der Waals surface area contributed by atoms with Gasteiger partial charge in [-0.3, -0.25) is 4.79 Å². The van der Waals surface area contributed by atoms with E-state index >= 15 is 0 Å². The van der Waals surface area contributed by atoms with E-state index in [1.165, 1.54) is 4.90 Å². The summed E-state index contributed by atoms with van der Waals surface area (Å²) in [5.74, 6) is -0.615. The van der Waals surface area contributed by atoms with Gasteiger partial charge in [0, 0.05) is 0 Å². The number of nitrogens with zero attached hydrogens (tertiary/aromatic N) is 1. The van der Waals surface area contributed by atoms with Gasteiger partial charge in [0.1, 0.15) is 12.6 Å². The van der Waals surface area contributed by atoms with E-state index in [4.69, 9.17) is 4.74 Å². The Kier molecular flexibility index (Phi) is 4.57. The van der Waals surface area contributed by atoms with Crippen molar-refractivity contribution in [1.82, 2.24) is 4.90 Å². The van der Waals surface area contributed by atoms with Crippen molar-refractivity contribution in [3.05, 3.63) is 83.4 Å². The number of rotatable bonds is 4. The summed E-state index contributed by atoms with van der Waals surface area (Å²) in [5.41, 5.74) is 2.95. The van der Waals surface area contributed by atoms with E-state index in [-0.39, 0.29) is 18.6 Å². The third kappa shape index (κ3) is 3.03. The number of carbonyl (C=O) groups is 2. The van der Waals surface area contributed by atoms with Gasteiger partial charge in [0.2, 0.25) is 5.91 Å². The van der Waals surface area contributed by atoms with E-state index in [2.05, 4.69) is 6.08 Å². The van der Waals surface area contributed by atoms with Gasteiger partial charge < -0.3 is 4.74 Å². The van der Waals surface area contributed by atoms with E-state index in [1.54, 1.807) is 0 Å². The standard InChI is InChI=1S/C22H21NO3/c24-21(20(18-13-7-8-14-18)17-11-5-2-6-12-17)23-19(15-26-22(23)25)16-9-3-1-4-10-16/h1-6,9-13,19-20H,7-8,14-15H2/t19-,20?/m0/s1. The van der Waals surface area contributed by atoms with Gasteiger partial charge in [-0.15, -0.1) is 0 Å². The number of hydrogen-bond donors (Lipinski definition) is 0. The van der Waals surface area contributed by atoms with E-state index in [0.29, 0.717) is 0 Å². The molecular formula is C22H21NO3. The molecule has 132 valence electrons. The Labute approximate surface area is 153 Å². The maximum Gasteiger partial charge on any atom is 0.417 e. The maximum atomic E-state index is 13.5. The van der Waals surface area contributed by atoms with Crippen molar-refractivity contribution in [2.45, 2.75) is 31.2 Å². The molecular weight excluding hydrogens is 326 g/mol. The largest absolute Gasteiger partial charge is 0.446 e. The second-order valence-electron chi connectivity index (χ2n) is 6.73. The molecule has 1 fully saturated rings. The van der Waals surface area contributed by atoms with Crippen molar-refractivity contribution in [2.24, 2.45) is 0 Å². The van der Waals surface area contributed by atoms with E-state index in [0.717, 1.165) is 36.0 Å². The molecule has 4 nitrogen and oxygen atoms in total. The SMILES string of the molecule is O=C1OC[C@@H](c2ccccc2)N1C(=O)C(C1=CCCC1)c1ccccc1. The van der Waals surface area contributed by atoms with E-state index in [9.17, 15) is 9.59 Å². The monoisotopic (exact) mass is 347 g/mol. The Morgan fingerprint density at radius 3 is 2.38 bits per heavy atom. The Morgan fingerprint density at radius 1 is 1.04 bits per heavy atom. The van der Waals surface area contributed by atoms with Crippen molar-refractivity contribution in [3.63, 3.8) is 0 Å².